The molecule has 1 aromatic heterocycles. The molecule has 3 rings (SSSR count). The lowest BCUT2D eigenvalue weighted by Gasteiger charge is -2.06. The zero-order chi connectivity index (χ0) is 15.7. The highest BCUT2D eigenvalue weighted by Crippen LogP contribution is 2.30. The fraction of sp³-hybridized carbons (Fsp3) is 0.267. The Morgan fingerprint density at radius 3 is 2.50 bits per heavy atom. The first-order valence-corrected chi connectivity index (χ1v) is 7.77. The van der Waals surface area contributed by atoms with Crippen molar-refractivity contribution in [2.75, 3.05) is 0 Å². The first kappa shape index (κ1) is 14.5. The highest BCUT2D eigenvalue weighted by Gasteiger charge is 2.26. The average molecular weight is 317 g/mol. The number of hydrogen-bond acceptors (Lipinski definition) is 4. The maximum Gasteiger partial charge on any atom is 0.327 e. The number of hydrazine groups is 1. The molecule has 7 heteroatoms. The summed E-state index contributed by atoms with van der Waals surface area (Å²) in [7, 11) is 0. The Morgan fingerprint density at radius 1 is 1.09 bits per heavy atom. The molecular formula is C15H15N3O3S. The SMILES string of the molecule is Cc1c(C(=O)NNC(=O)C(=O)NC2CC2)sc2ccccc12. The van der Waals surface area contributed by atoms with Crippen molar-refractivity contribution >= 4 is 39.1 Å². The van der Waals surface area contributed by atoms with Gasteiger partial charge in [0.1, 0.15) is 0 Å². The molecule has 1 aromatic carbocycles. The van der Waals surface area contributed by atoms with Crippen molar-refractivity contribution < 1.29 is 14.4 Å². The van der Waals surface area contributed by atoms with Crippen LogP contribution in [-0.2, 0) is 9.59 Å². The van der Waals surface area contributed by atoms with Gasteiger partial charge in [0, 0.05) is 10.7 Å². The molecule has 3 amide bonds. The predicted molar refractivity (Wildman–Crippen MR) is 83.3 cm³/mol. The van der Waals surface area contributed by atoms with Gasteiger partial charge in [-0.15, -0.1) is 11.3 Å². The van der Waals surface area contributed by atoms with Gasteiger partial charge in [-0.25, -0.2) is 0 Å². The van der Waals surface area contributed by atoms with Gasteiger partial charge in [-0.05, 0) is 36.8 Å². The number of aryl methyl sites for hydroxylation is 1. The molecular weight excluding hydrogens is 302 g/mol. The minimum Gasteiger partial charge on any atom is -0.345 e. The number of carbonyl (C=O) groups is 3. The molecule has 1 saturated carbocycles. The van der Waals surface area contributed by atoms with Crippen LogP contribution in [0.4, 0.5) is 0 Å². The van der Waals surface area contributed by atoms with Gasteiger partial charge >= 0.3 is 11.8 Å². The fourth-order valence-electron chi connectivity index (χ4n) is 2.10. The van der Waals surface area contributed by atoms with Crippen molar-refractivity contribution in [2.24, 2.45) is 0 Å². The molecule has 0 unspecified atom stereocenters. The number of benzene rings is 1. The third-order valence-corrected chi connectivity index (χ3v) is 4.73. The van der Waals surface area contributed by atoms with E-state index >= 15 is 0 Å². The van der Waals surface area contributed by atoms with E-state index in [-0.39, 0.29) is 6.04 Å². The maximum absolute atomic E-state index is 12.1. The topological polar surface area (TPSA) is 87.3 Å². The molecule has 1 fully saturated rings. The van der Waals surface area contributed by atoms with Crippen LogP contribution in [0.2, 0.25) is 0 Å². The summed E-state index contributed by atoms with van der Waals surface area (Å²) in [5, 5.41) is 3.56. The molecule has 0 aliphatic heterocycles. The molecule has 2 aromatic rings. The Bertz CT molecular complexity index is 764. The van der Waals surface area contributed by atoms with E-state index in [0.29, 0.717) is 4.88 Å². The quantitative estimate of drug-likeness (QED) is 0.575. The summed E-state index contributed by atoms with van der Waals surface area (Å²) in [5.74, 6) is -2.01. The van der Waals surface area contributed by atoms with Crippen molar-refractivity contribution in [2.45, 2.75) is 25.8 Å². The molecule has 22 heavy (non-hydrogen) atoms. The molecule has 0 saturated heterocycles. The Kier molecular flexibility index (Phi) is 3.81. The van der Waals surface area contributed by atoms with Gasteiger partial charge < -0.3 is 5.32 Å². The lowest BCUT2D eigenvalue weighted by molar-refractivity contribution is -0.139. The zero-order valence-corrected chi connectivity index (χ0v) is 12.8. The van der Waals surface area contributed by atoms with Crippen LogP contribution < -0.4 is 16.2 Å². The first-order chi connectivity index (χ1) is 10.6. The fourth-order valence-corrected chi connectivity index (χ4v) is 3.20. The lowest BCUT2D eigenvalue weighted by Crippen LogP contribution is -2.48. The predicted octanol–water partition coefficient (Wildman–Crippen LogP) is 1.25. The molecule has 3 N–H and O–H groups in total. The molecule has 1 heterocycles. The van der Waals surface area contributed by atoms with Gasteiger partial charge in [-0.3, -0.25) is 25.2 Å². The van der Waals surface area contributed by atoms with E-state index in [2.05, 4.69) is 16.2 Å². The minimum atomic E-state index is -0.862. The molecule has 1 aliphatic carbocycles. The van der Waals surface area contributed by atoms with Gasteiger partial charge in [-0.1, -0.05) is 18.2 Å². The molecule has 0 spiro atoms. The van der Waals surface area contributed by atoms with E-state index in [0.717, 1.165) is 28.5 Å². The minimum absolute atomic E-state index is 0.0961. The summed E-state index contributed by atoms with van der Waals surface area (Å²) in [5.41, 5.74) is 5.28. The summed E-state index contributed by atoms with van der Waals surface area (Å²) < 4.78 is 1.00. The van der Waals surface area contributed by atoms with Crippen molar-refractivity contribution in [1.82, 2.24) is 16.2 Å². The van der Waals surface area contributed by atoms with Crippen LogP contribution in [0.25, 0.3) is 10.1 Å². The van der Waals surface area contributed by atoms with Crippen molar-refractivity contribution in [3.63, 3.8) is 0 Å². The zero-order valence-electron chi connectivity index (χ0n) is 11.9. The summed E-state index contributed by atoms with van der Waals surface area (Å²) >= 11 is 1.35. The second-order valence-corrected chi connectivity index (χ2v) is 6.26. The highest BCUT2D eigenvalue weighted by atomic mass is 32.1. The number of thiophene rings is 1. The molecule has 0 atom stereocenters. The Balaban J connectivity index is 1.64. The molecule has 114 valence electrons. The van der Waals surface area contributed by atoms with E-state index in [1.54, 1.807) is 0 Å². The number of fused-ring (bicyclic) bond motifs is 1. The van der Waals surface area contributed by atoms with Crippen LogP contribution in [0, 0.1) is 6.92 Å². The maximum atomic E-state index is 12.1. The van der Waals surface area contributed by atoms with E-state index in [4.69, 9.17) is 0 Å². The lowest BCUT2D eigenvalue weighted by atomic mass is 10.1. The summed E-state index contributed by atoms with van der Waals surface area (Å²) in [6, 6.07) is 7.79. The third-order valence-electron chi connectivity index (χ3n) is 3.46. The van der Waals surface area contributed by atoms with E-state index in [1.807, 2.05) is 31.2 Å². The van der Waals surface area contributed by atoms with Crippen molar-refractivity contribution in [1.29, 1.82) is 0 Å². The summed E-state index contributed by atoms with van der Waals surface area (Å²) in [6.45, 7) is 1.86. The number of amides is 3. The second kappa shape index (κ2) is 5.76. The van der Waals surface area contributed by atoms with E-state index in [9.17, 15) is 14.4 Å². The van der Waals surface area contributed by atoms with Gasteiger partial charge in [0.15, 0.2) is 0 Å². The summed E-state index contributed by atoms with van der Waals surface area (Å²) in [4.78, 5) is 35.7. The standard InChI is InChI=1S/C15H15N3O3S/c1-8-10-4-2-3-5-11(10)22-12(8)13(19)17-18-15(21)14(20)16-9-6-7-9/h2-5,9H,6-7H2,1H3,(H,16,20)(H,17,19)(H,18,21). The van der Waals surface area contributed by atoms with Crippen LogP contribution in [0.15, 0.2) is 24.3 Å². The van der Waals surface area contributed by atoms with Gasteiger partial charge in [0.05, 0.1) is 4.88 Å². The van der Waals surface area contributed by atoms with Gasteiger partial charge in [0.2, 0.25) is 0 Å². The van der Waals surface area contributed by atoms with Gasteiger partial charge in [0.25, 0.3) is 5.91 Å². The van der Waals surface area contributed by atoms with Crippen LogP contribution in [-0.4, -0.2) is 23.8 Å². The molecule has 6 nitrogen and oxygen atoms in total. The first-order valence-electron chi connectivity index (χ1n) is 6.95. The smallest absolute Gasteiger partial charge is 0.327 e. The largest absolute Gasteiger partial charge is 0.345 e. The number of rotatable bonds is 2. The monoisotopic (exact) mass is 317 g/mol. The van der Waals surface area contributed by atoms with E-state index in [1.165, 1.54) is 11.3 Å². The molecule has 0 bridgehead atoms. The Morgan fingerprint density at radius 2 is 1.82 bits per heavy atom. The number of carbonyl (C=O) groups excluding carboxylic acids is 3. The van der Waals surface area contributed by atoms with Crippen molar-refractivity contribution in [3.05, 3.63) is 34.7 Å². The van der Waals surface area contributed by atoms with E-state index < -0.39 is 17.7 Å². The number of hydrogen-bond donors (Lipinski definition) is 3. The Hall–Kier alpha value is -2.41. The highest BCUT2D eigenvalue weighted by molar-refractivity contribution is 7.21. The van der Waals surface area contributed by atoms with Crippen LogP contribution in [0.3, 0.4) is 0 Å². The van der Waals surface area contributed by atoms with Crippen molar-refractivity contribution in [3.8, 4) is 0 Å². The third kappa shape index (κ3) is 2.94. The number of nitrogens with one attached hydrogen (secondary N) is 3. The normalized spacial score (nSPS) is 13.7. The molecule has 0 radical (unpaired) electrons. The van der Waals surface area contributed by atoms with Crippen LogP contribution in [0.1, 0.15) is 28.1 Å². The van der Waals surface area contributed by atoms with Crippen LogP contribution in [0.5, 0.6) is 0 Å². The Labute approximate surface area is 130 Å². The summed E-state index contributed by atoms with van der Waals surface area (Å²) in [6.07, 6.45) is 1.79. The van der Waals surface area contributed by atoms with Crippen LogP contribution >= 0.6 is 11.3 Å². The second-order valence-electron chi connectivity index (χ2n) is 5.21. The molecule has 1 aliphatic rings. The average Bonchev–Trinajstić information content (AvgIpc) is 3.27. The van der Waals surface area contributed by atoms with Gasteiger partial charge in [-0.2, -0.15) is 0 Å².